The van der Waals surface area contributed by atoms with Crippen LogP contribution in [0.15, 0.2) is 11.8 Å². The van der Waals surface area contributed by atoms with Gasteiger partial charge in [-0.1, -0.05) is 11.8 Å². The first kappa shape index (κ1) is 10.5. The van der Waals surface area contributed by atoms with Crippen LogP contribution in [0, 0.1) is 29.0 Å². The second kappa shape index (κ2) is 5.21. The van der Waals surface area contributed by atoms with Crippen molar-refractivity contribution in [3.05, 3.63) is 23.8 Å². The topological polar surface area (TPSA) is 76.3 Å². The number of imidazole rings is 1. The Hall–Kier alpha value is -1.47. The summed E-state index contributed by atoms with van der Waals surface area (Å²) >= 11 is 0. The van der Waals surface area contributed by atoms with Crippen LogP contribution in [0.4, 0.5) is 0 Å². The van der Waals surface area contributed by atoms with E-state index < -0.39 is 0 Å². The van der Waals surface area contributed by atoms with E-state index in [1.54, 1.807) is 18.3 Å². The van der Waals surface area contributed by atoms with Crippen molar-refractivity contribution in [1.82, 2.24) is 9.97 Å². The van der Waals surface area contributed by atoms with Crippen molar-refractivity contribution in [2.75, 3.05) is 0 Å². The molecule has 0 aliphatic heterocycles. The molecule has 0 amide bonds. The first-order valence-electron chi connectivity index (χ1n) is 2.80. The number of nitriles is 2. The second-order valence-electron chi connectivity index (χ2n) is 1.72. The van der Waals surface area contributed by atoms with E-state index in [1.165, 1.54) is 6.08 Å². The predicted molar refractivity (Wildman–Crippen MR) is 36.6 cm³/mol. The smallest absolute Gasteiger partial charge is 0.467 e. The van der Waals surface area contributed by atoms with Gasteiger partial charge in [0.25, 0.3) is 0 Å². The van der Waals surface area contributed by atoms with E-state index in [4.69, 9.17) is 10.5 Å². The molecule has 5 heteroatoms. The fourth-order valence-electron chi connectivity index (χ4n) is 0.547. The van der Waals surface area contributed by atoms with E-state index in [0.29, 0.717) is 5.69 Å². The second-order valence-corrected chi connectivity index (χ2v) is 1.72. The molecule has 12 heavy (non-hydrogen) atoms. The minimum Gasteiger partial charge on any atom is -0.467 e. The monoisotopic (exact) mass is 150 g/mol. The first-order chi connectivity index (χ1) is 5.36. The molecule has 1 aromatic heterocycles. The molecule has 0 atom stereocenters. The number of hydrogen-bond acceptors (Lipinski definition) is 3. The maximum absolute atomic E-state index is 8.34. The van der Waals surface area contributed by atoms with Crippen molar-refractivity contribution in [1.29, 1.82) is 10.5 Å². The third-order valence-electron chi connectivity index (χ3n) is 1.00. The molecule has 0 bridgehead atoms. The largest absolute Gasteiger partial charge is 1.00 e. The molecule has 0 spiro atoms. The van der Waals surface area contributed by atoms with Gasteiger partial charge < -0.3 is 9.97 Å². The Morgan fingerprint density at radius 1 is 1.58 bits per heavy atom. The normalized spacial score (nSPS) is 7.17. The standard InChI is InChI=1S/C7H3N4.Li/c8-2-6(3-9)1-7-4-10-5-11-7;/h1,4H,(H,10,11);/q-1;+1. The number of aromatic nitrogens is 2. The molecule has 1 aromatic rings. The minimum atomic E-state index is 0. The maximum atomic E-state index is 8.34. The molecule has 0 saturated heterocycles. The quantitative estimate of drug-likeness (QED) is 0.276. The molecular weight excluding hydrogens is 147 g/mol. The Morgan fingerprint density at radius 2 is 2.25 bits per heavy atom. The summed E-state index contributed by atoms with van der Waals surface area (Å²) in [6, 6.07) is 3.44. The summed E-state index contributed by atoms with van der Waals surface area (Å²) in [5, 5.41) is 16.7. The van der Waals surface area contributed by atoms with E-state index in [1.807, 2.05) is 0 Å². The number of aromatic amines is 1. The van der Waals surface area contributed by atoms with E-state index in [9.17, 15) is 0 Å². The summed E-state index contributed by atoms with van der Waals surface area (Å²) in [6.07, 6.45) is 5.38. The van der Waals surface area contributed by atoms with E-state index >= 15 is 0 Å². The van der Waals surface area contributed by atoms with Crippen molar-refractivity contribution < 1.29 is 18.9 Å². The van der Waals surface area contributed by atoms with Gasteiger partial charge in [-0.3, -0.25) is 0 Å². The van der Waals surface area contributed by atoms with E-state index in [-0.39, 0.29) is 24.4 Å². The van der Waals surface area contributed by atoms with Gasteiger partial charge in [0.2, 0.25) is 0 Å². The van der Waals surface area contributed by atoms with Crippen LogP contribution < -0.4 is 18.9 Å². The average Bonchev–Trinajstić information content (AvgIpc) is 2.52. The third kappa shape index (κ3) is 2.64. The molecular formula is C7H3LiN4. The predicted octanol–water partition coefficient (Wildman–Crippen LogP) is -2.36. The summed E-state index contributed by atoms with van der Waals surface area (Å²) in [5.74, 6) is 0. The number of nitrogens with one attached hydrogen (secondary N) is 1. The number of nitrogens with zero attached hydrogens (tertiary/aromatic N) is 3. The van der Waals surface area contributed by atoms with Gasteiger partial charge in [0.05, 0.1) is 0 Å². The van der Waals surface area contributed by atoms with Crippen LogP contribution in [0.5, 0.6) is 0 Å². The van der Waals surface area contributed by atoms with Crippen LogP contribution in [0.3, 0.4) is 0 Å². The zero-order valence-corrected chi connectivity index (χ0v) is 6.50. The Bertz CT molecular complexity index is 322. The van der Waals surface area contributed by atoms with Crippen LogP contribution in [-0.2, 0) is 0 Å². The molecule has 52 valence electrons. The van der Waals surface area contributed by atoms with Gasteiger partial charge in [0, 0.05) is 0 Å². The number of H-pyrrole nitrogens is 1. The van der Waals surface area contributed by atoms with Gasteiger partial charge in [-0.05, 0) is 6.33 Å². The molecule has 0 aliphatic rings. The Morgan fingerprint density at radius 3 is 2.67 bits per heavy atom. The maximum Gasteiger partial charge on any atom is 1.00 e. The van der Waals surface area contributed by atoms with Gasteiger partial charge in [0.1, 0.15) is 17.7 Å². The van der Waals surface area contributed by atoms with E-state index in [0.717, 1.165) is 0 Å². The van der Waals surface area contributed by atoms with Crippen molar-refractivity contribution in [2.24, 2.45) is 0 Å². The summed E-state index contributed by atoms with van der Waals surface area (Å²) in [5.41, 5.74) is 0.564. The summed E-state index contributed by atoms with van der Waals surface area (Å²) in [4.78, 5) is 6.28. The van der Waals surface area contributed by atoms with Gasteiger partial charge >= 0.3 is 18.9 Å². The van der Waals surface area contributed by atoms with E-state index in [2.05, 4.69) is 16.3 Å². The molecule has 0 aliphatic carbocycles. The van der Waals surface area contributed by atoms with Crippen molar-refractivity contribution in [3.63, 3.8) is 0 Å². The fraction of sp³-hybridized carbons (Fsp3) is 0. The number of hydrogen-bond donors (Lipinski definition) is 1. The number of rotatable bonds is 1. The summed E-state index contributed by atoms with van der Waals surface area (Å²) < 4.78 is 0. The first-order valence-corrected chi connectivity index (χ1v) is 2.80. The Kier molecular flexibility index (Phi) is 4.57. The molecule has 1 N–H and O–H groups in total. The minimum absolute atomic E-state index is 0. The van der Waals surface area contributed by atoms with Crippen LogP contribution in [0.2, 0.25) is 0 Å². The Balaban J connectivity index is 0.00000121. The van der Waals surface area contributed by atoms with Gasteiger partial charge in [-0.25, -0.2) is 0 Å². The zero-order chi connectivity index (χ0) is 8.10. The van der Waals surface area contributed by atoms with Gasteiger partial charge in [-0.15, -0.1) is 6.20 Å². The molecule has 0 fully saturated rings. The molecule has 0 unspecified atom stereocenters. The summed E-state index contributed by atoms with van der Waals surface area (Å²) in [6.45, 7) is 0. The van der Waals surface area contributed by atoms with Crippen molar-refractivity contribution >= 4 is 6.08 Å². The SMILES string of the molecule is N#CC(C#N)=Cc1c[nH][c-]n1.[Li+]. The van der Waals surface area contributed by atoms with Crippen LogP contribution in [-0.4, -0.2) is 9.97 Å². The van der Waals surface area contributed by atoms with Gasteiger partial charge in [-0.2, -0.15) is 10.5 Å². The van der Waals surface area contributed by atoms with Crippen molar-refractivity contribution in [3.8, 4) is 12.1 Å². The van der Waals surface area contributed by atoms with Crippen LogP contribution >= 0.6 is 0 Å². The molecule has 1 heterocycles. The average molecular weight is 150 g/mol. The molecule has 0 radical (unpaired) electrons. The summed E-state index contributed by atoms with van der Waals surface area (Å²) in [7, 11) is 0. The molecule has 1 rings (SSSR count). The third-order valence-corrected chi connectivity index (χ3v) is 1.00. The van der Waals surface area contributed by atoms with Gasteiger partial charge in [0.15, 0.2) is 0 Å². The molecule has 0 aromatic carbocycles. The van der Waals surface area contributed by atoms with Crippen LogP contribution in [0.25, 0.3) is 6.08 Å². The number of allylic oxidation sites excluding steroid dienone is 1. The van der Waals surface area contributed by atoms with Crippen molar-refractivity contribution in [2.45, 2.75) is 0 Å². The molecule has 0 saturated carbocycles. The Labute approximate surface area is 81.7 Å². The van der Waals surface area contributed by atoms with Crippen LogP contribution in [0.1, 0.15) is 5.69 Å². The fourth-order valence-corrected chi connectivity index (χ4v) is 0.547. The zero-order valence-electron chi connectivity index (χ0n) is 6.50. The molecule has 4 nitrogen and oxygen atoms in total.